The van der Waals surface area contributed by atoms with Crippen LogP contribution in [0.1, 0.15) is 39.2 Å². The van der Waals surface area contributed by atoms with Crippen molar-refractivity contribution in [1.29, 1.82) is 0 Å². The van der Waals surface area contributed by atoms with Crippen LogP contribution in [-0.4, -0.2) is 36.1 Å². The topological polar surface area (TPSA) is 29.5 Å². The minimum atomic E-state index is -0.207. The van der Waals surface area contributed by atoms with E-state index in [0.717, 1.165) is 19.4 Å². The lowest BCUT2D eigenvalue weighted by atomic mass is 9.97. The van der Waals surface area contributed by atoms with Crippen molar-refractivity contribution < 1.29 is 9.53 Å². The van der Waals surface area contributed by atoms with Crippen molar-refractivity contribution in [3.05, 3.63) is 35.9 Å². The smallest absolute Gasteiger partial charge is 0.223 e. The van der Waals surface area contributed by atoms with Crippen LogP contribution in [0.2, 0.25) is 0 Å². The van der Waals surface area contributed by atoms with Gasteiger partial charge in [0.1, 0.15) is 0 Å². The van der Waals surface area contributed by atoms with Crippen molar-refractivity contribution in [1.82, 2.24) is 4.90 Å². The molecule has 1 aromatic rings. The number of ether oxygens (including phenoxy) is 1. The van der Waals surface area contributed by atoms with Gasteiger partial charge in [-0.15, -0.1) is 0 Å². The number of hydrogen-bond acceptors (Lipinski definition) is 2. The molecule has 0 bridgehead atoms. The van der Waals surface area contributed by atoms with Crippen molar-refractivity contribution in [3.8, 4) is 0 Å². The molecule has 0 saturated carbocycles. The Balaban J connectivity index is 1.77. The van der Waals surface area contributed by atoms with Crippen LogP contribution in [0, 0.1) is 5.92 Å². The number of rotatable bonds is 5. The fourth-order valence-corrected chi connectivity index (χ4v) is 2.82. The summed E-state index contributed by atoms with van der Waals surface area (Å²) in [5.74, 6) is 0.690. The second-order valence-corrected chi connectivity index (χ2v) is 6.76. The zero-order valence-electron chi connectivity index (χ0n) is 13.5. The third kappa shape index (κ3) is 5.16. The second-order valence-electron chi connectivity index (χ2n) is 6.76. The molecule has 116 valence electrons. The van der Waals surface area contributed by atoms with Gasteiger partial charge in [-0.3, -0.25) is 4.79 Å². The molecular formula is C18H27NO2. The van der Waals surface area contributed by atoms with Crippen LogP contribution < -0.4 is 0 Å². The average molecular weight is 289 g/mol. The quantitative estimate of drug-likeness (QED) is 0.832. The van der Waals surface area contributed by atoms with E-state index in [9.17, 15) is 4.79 Å². The first kappa shape index (κ1) is 16.0. The number of carbonyl (C=O) groups is 1. The molecule has 21 heavy (non-hydrogen) atoms. The van der Waals surface area contributed by atoms with Gasteiger partial charge in [0.2, 0.25) is 5.91 Å². The summed E-state index contributed by atoms with van der Waals surface area (Å²) in [6.07, 6.45) is 2.75. The molecule has 0 aliphatic carbocycles. The van der Waals surface area contributed by atoms with Crippen LogP contribution in [-0.2, 0) is 16.0 Å². The predicted molar refractivity (Wildman–Crippen MR) is 85.2 cm³/mol. The van der Waals surface area contributed by atoms with Crippen LogP contribution in [0.3, 0.4) is 0 Å². The van der Waals surface area contributed by atoms with Gasteiger partial charge in [-0.25, -0.2) is 0 Å². The van der Waals surface area contributed by atoms with E-state index in [2.05, 4.69) is 31.2 Å². The molecule has 1 amide bonds. The lowest BCUT2D eigenvalue weighted by Crippen LogP contribution is -2.50. The number of nitrogens with zero attached hydrogens (tertiary/aromatic N) is 1. The van der Waals surface area contributed by atoms with Gasteiger partial charge in [0.15, 0.2) is 0 Å². The third-order valence-corrected chi connectivity index (χ3v) is 4.07. The Bertz CT molecular complexity index is 456. The summed E-state index contributed by atoms with van der Waals surface area (Å²) in [6, 6.07) is 10.5. The van der Waals surface area contributed by atoms with E-state index in [1.54, 1.807) is 0 Å². The Morgan fingerprint density at radius 3 is 2.71 bits per heavy atom. The number of carbonyl (C=O) groups excluding carboxylic acids is 1. The lowest BCUT2D eigenvalue weighted by Gasteiger charge is -2.38. The first-order chi connectivity index (χ1) is 9.96. The van der Waals surface area contributed by atoms with Crippen molar-refractivity contribution in [2.24, 2.45) is 5.92 Å². The maximum absolute atomic E-state index is 12.4. The van der Waals surface area contributed by atoms with Crippen LogP contribution in [0.4, 0.5) is 0 Å². The zero-order valence-corrected chi connectivity index (χ0v) is 13.5. The number of hydrogen-bond donors (Lipinski definition) is 0. The van der Waals surface area contributed by atoms with E-state index in [1.807, 2.05) is 24.8 Å². The molecule has 1 saturated heterocycles. The number of morpholine rings is 1. The summed E-state index contributed by atoms with van der Waals surface area (Å²) in [4.78, 5) is 14.3. The maximum Gasteiger partial charge on any atom is 0.223 e. The molecule has 1 atom stereocenters. The Hall–Kier alpha value is -1.35. The highest BCUT2D eigenvalue weighted by Crippen LogP contribution is 2.19. The van der Waals surface area contributed by atoms with Crippen molar-refractivity contribution in [2.75, 3.05) is 19.7 Å². The predicted octanol–water partition coefficient (Wildman–Crippen LogP) is 3.28. The molecule has 1 aliphatic heterocycles. The van der Waals surface area contributed by atoms with Gasteiger partial charge in [0.25, 0.3) is 0 Å². The molecule has 0 aromatic heterocycles. The monoisotopic (exact) mass is 289 g/mol. The third-order valence-electron chi connectivity index (χ3n) is 4.07. The highest BCUT2D eigenvalue weighted by Gasteiger charge is 2.30. The number of aryl methyl sites for hydroxylation is 1. The van der Waals surface area contributed by atoms with Gasteiger partial charge in [-0.05, 0) is 38.2 Å². The Kier molecular flexibility index (Phi) is 5.40. The van der Waals surface area contributed by atoms with Crippen molar-refractivity contribution >= 4 is 5.91 Å². The molecule has 3 heteroatoms. The SMILES string of the molecule is CC(CCc1ccccc1)CC(=O)N1CCOC(C)(C)C1. The van der Waals surface area contributed by atoms with Gasteiger partial charge in [0.05, 0.1) is 12.2 Å². The van der Waals surface area contributed by atoms with Gasteiger partial charge in [-0.1, -0.05) is 37.3 Å². The Morgan fingerprint density at radius 1 is 1.33 bits per heavy atom. The van der Waals surface area contributed by atoms with Gasteiger partial charge in [-0.2, -0.15) is 0 Å². The Labute approximate surface area is 128 Å². The van der Waals surface area contributed by atoms with Gasteiger partial charge in [0, 0.05) is 19.5 Å². The average Bonchev–Trinajstić information content (AvgIpc) is 2.45. The van der Waals surface area contributed by atoms with Gasteiger partial charge >= 0.3 is 0 Å². The van der Waals surface area contributed by atoms with Crippen molar-refractivity contribution in [3.63, 3.8) is 0 Å². The summed E-state index contributed by atoms with van der Waals surface area (Å²) in [5.41, 5.74) is 1.14. The summed E-state index contributed by atoms with van der Waals surface area (Å²) in [5, 5.41) is 0. The largest absolute Gasteiger partial charge is 0.372 e. The second kappa shape index (κ2) is 7.08. The highest BCUT2D eigenvalue weighted by molar-refractivity contribution is 5.76. The molecular weight excluding hydrogens is 262 g/mol. The standard InChI is InChI=1S/C18H27NO2/c1-15(9-10-16-7-5-4-6-8-16)13-17(20)19-11-12-21-18(2,3)14-19/h4-8,15H,9-14H2,1-3H3. The Morgan fingerprint density at radius 2 is 2.05 bits per heavy atom. The summed E-state index contributed by atoms with van der Waals surface area (Å²) >= 11 is 0. The zero-order chi connectivity index (χ0) is 15.3. The molecule has 0 spiro atoms. The van der Waals surface area contributed by atoms with E-state index in [-0.39, 0.29) is 11.5 Å². The molecule has 0 radical (unpaired) electrons. The van der Waals surface area contributed by atoms with E-state index in [0.29, 0.717) is 25.5 Å². The fourth-order valence-electron chi connectivity index (χ4n) is 2.82. The van der Waals surface area contributed by atoms with E-state index >= 15 is 0 Å². The van der Waals surface area contributed by atoms with Crippen LogP contribution >= 0.6 is 0 Å². The summed E-state index contributed by atoms with van der Waals surface area (Å²) in [6.45, 7) is 8.35. The molecule has 1 fully saturated rings. The highest BCUT2D eigenvalue weighted by atomic mass is 16.5. The van der Waals surface area contributed by atoms with Gasteiger partial charge < -0.3 is 9.64 Å². The molecule has 1 unspecified atom stereocenters. The van der Waals surface area contributed by atoms with Crippen LogP contribution in [0.15, 0.2) is 30.3 Å². The first-order valence-corrected chi connectivity index (χ1v) is 7.92. The molecule has 0 N–H and O–H groups in total. The van der Waals surface area contributed by atoms with E-state index < -0.39 is 0 Å². The van der Waals surface area contributed by atoms with E-state index in [1.165, 1.54) is 5.56 Å². The summed E-state index contributed by atoms with van der Waals surface area (Å²) < 4.78 is 5.66. The van der Waals surface area contributed by atoms with E-state index in [4.69, 9.17) is 4.74 Å². The maximum atomic E-state index is 12.4. The normalized spacial score (nSPS) is 19.3. The number of benzene rings is 1. The van der Waals surface area contributed by atoms with Crippen LogP contribution in [0.25, 0.3) is 0 Å². The van der Waals surface area contributed by atoms with Crippen molar-refractivity contribution in [2.45, 2.75) is 45.6 Å². The lowest BCUT2D eigenvalue weighted by molar-refractivity contribution is -0.146. The van der Waals surface area contributed by atoms with Crippen LogP contribution in [0.5, 0.6) is 0 Å². The summed E-state index contributed by atoms with van der Waals surface area (Å²) in [7, 11) is 0. The molecule has 2 rings (SSSR count). The molecule has 1 aliphatic rings. The molecule has 1 heterocycles. The minimum absolute atomic E-state index is 0.207. The first-order valence-electron chi connectivity index (χ1n) is 7.92. The number of amides is 1. The molecule has 3 nitrogen and oxygen atoms in total. The molecule has 1 aromatic carbocycles. The fraction of sp³-hybridized carbons (Fsp3) is 0.611. The minimum Gasteiger partial charge on any atom is -0.372 e.